The van der Waals surface area contributed by atoms with Crippen LogP contribution in [-0.2, 0) is 0 Å². The lowest BCUT2D eigenvalue weighted by Gasteiger charge is -2.04. The number of hydrogen-bond donors (Lipinski definition) is 1. The fraction of sp³-hybridized carbons (Fsp3) is 0.133. The molecule has 3 aromatic rings. The van der Waals surface area contributed by atoms with Crippen LogP contribution in [0.1, 0.15) is 10.4 Å². The third kappa shape index (κ3) is 2.32. The number of thiophene rings is 1. The van der Waals surface area contributed by atoms with Crippen molar-refractivity contribution in [1.29, 1.82) is 0 Å². The quantitative estimate of drug-likeness (QED) is 0.717. The van der Waals surface area contributed by atoms with Crippen molar-refractivity contribution in [2.24, 2.45) is 0 Å². The highest BCUT2D eigenvalue weighted by Gasteiger charge is 2.22. The highest BCUT2D eigenvalue weighted by molar-refractivity contribution is 7.15. The van der Waals surface area contributed by atoms with Crippen LogP contribution in [0.2, 0.25) is 5.02 Å². The molecule has 2 aromatic heterocycles. The molecule has 0 saturated carbocycles. The molecule has 0 radical (unpaired) electrons. The summed E-state index contributed by atoms with van der Waals surface area (Å²) in [5.41, 5.74) is 8.26. The molecule has 0 amide bonds. The van der Waals surface area contributed by atoms with Crippen molar-refractivity contribution in [2.75, 3.05) is 5.73 Å². The number of nitrogens with zero attached hydrogens (tertiary/aromatic N) is 1. The van der Waals surface area contributed by atoms with Crippen LogP contribution in [0.25, 0.3) is 21.7 Å². The smallest absolute Gasteiger partial charge is 0.230 e. The van der Waals surface area contributed by atoms with Crippen LogP contribution in [-0.4, -0.2) is 5.16 Å². The summed E-state index contributed by atoms with van der Waals surface area (Å²) in [5, 5.41) is 4.03. The number of nitrogens with two attached hydrogens (primary N) is 1. The Kier molecular flexibility index (Phi) is 3.47. The standard InChI is InChI=1S/C15H12ClFN2OS/c1-7-6-11(21-8(7)2)14-12(15(18)20-19-14)9-4-3-5-10(16)13(9)17/h3-6H,18H2,1-2H3. The fourth-order valence-corrected chi connectivity index (χ4v) is 3.31. The van der Waals surface area contributed by atoms with Gasteiger partial charge in [0.1, 0.15) is 11.5 Å². The molecule has 21 heavy (non-hydrogen) atoms. The average Bonchev–Trinajstić information content (AvgIpc) is 2.97. The van der Waals surface area contributed by atoms with Crippen LogP contribution in [0.15, 0.2) is 28.8 Å². The summed E-state index contributed by atoms with van der Waals surface area (Å²) in [4.78, 5) is 2.06. The molecule has 0 bridgehead atoms. The lowest BCUT2D eigenvalue weighted by molar-refractivity contribution is 0.439. The highest BCUT2D eigenvalue weighted by atomic mass is 35.5. The van der Waals surface area contributed by atoms with E-state index < -0.39 is 5.82 Å². The van der Waals surface area contributed by atoms with Crippen LogP contribution in [0, 0.1) is 19.7 Å². The Morgan fingerprint density at radius 3 is 2.76 bits per heavy atom. The minimum Gasteiger partial charge on any atom is -0.367 e. The van der Waals surface area contributed by atoms with E-state index in [9.17, 15) is 4.39 Å². The summed E-state index contributed by atoms with van der Waals surface area (Å²) < 4.78 is 19.3. The molecule has 6 heteroatoms. The molecule has 108 valence electrons. The van der Waals surface area contributed by atoms with Crippen molar-refractivity contribution in [3.63, 3.8) is 0 Å². The van der Waals surface area contributed by atoms with Crippen LogP contribution >= 0.6 is 22.9 Å². The largest absolute Gasteiger partial charge is 0.367 e. The van der Waals surface area contributed by atoms with E-state index in [1.807, 2.05) is 19.9 Å². The molecular weight excluding hydrogens is 311 g/mol. The van der Waals surface area contributed by atoms with Gasteiger partial charge in [0.2, 0.25) is 5.88 Å². The van der Waals surface area contributed by atoms with Crippen molar-refractivity contribution in [3.05, 3.63) is 45.5 Å². The topological polar surface area (TPSA) is 52.0 Å². The number of halogens is 2. The molecular formula is C15H12ClFN2OS. The second kappa shape index (κ2) is 5.16. The van der Waals surface area contributed by atoms with Gasteiger partial charge in [-0.05, 0) is 31.5 Å². The van der Waals surface area contributed by atoms with Crippen LogP contribution in [0.4, 0.5) is 10.3 Å². The number of nitrogen functional groups attached to an aromatic ring is 1. The first-order chi connectivity index (χ1) is 9.99. The summed E-state index contributed by atoms with van der Waals surface area (Å²) in [6, 6.07) is 6.76. The Bertz CT molecular complexity index is 806. The zero-order valence-electron chi connectivity index (χ0n) is 11.4. The monoisotopic (exact) mass is 322 g/mol. The van der Waals surface area contributed by atoms with Crippen molar-refractivity contribution in [3.8, 4) is 21.7 Å². The number of aromatic nitrogens is 1. The van der Waals surface area contributed by atoms with Crippen LogP contribution in [0.5, 0.6) is 0 Å². The Hall–Kier alpha value is -1.85. The molecule has 0 aliphatic carbocycles. The van der Waals surface area contributed by atoms with E-state index in [1.165, 1.54) is 10.9 Å². The third-order valence-electron chi connectivity index (χ3n) is 3.34. The first-order valence-electron chi connectivity index (χ1n) is 6.26. The highest BCUT2D eigenvalue weighted by Crippen LogP contribution is 2.41. The van der Waals surface area contributed by atoms with Gasteiger partial charge in [0, 0.05) is 10.4 Å². The minimum atomic E-state index is -0.527. The maximum Gasteiger partial charge on any atom is 0.230 e. The molecule has 2 heterocycles. The Morgan fingerprint density at radius 1 is 1.33 bits per heavy atom. The molecule has 0 aliphatic heterocycles. The van der Waals surface area contributed by atoms with Crippen LogP contribution in [0.3, 0.4) is 0 Å². The summed E-state index contributed by atoms with van der Waals surface area (Å²) in [5.74, 6) is -0.449. The number of hydrogen-bond acceptors (Lipinski definition) is 4. The van der Waals surface area contributed by atoms with Crippen molar-refractivity contribution in [1.82, 2.24) is 5.16 Å². The Balaban J connectivity index is 2.24. The normalized spacial score (nSPS) is 11.0. The SMILES string of the molecule is Cc1cc(-c2noc(N)c2-c2cccc(Cl)c2F)sc1C. The van der Waals surface area contributed by atoms with Gasteiger partial charge in [-0.2, -0.15) is 0 Å². The Morgan fingerprint density at radius 2 is 2.10 bits per heavy atom. The Labute approximate surface area is 130 Å². The molecule has 2 N–H and O–H groups in total. The predicted molar refractivity (Wildman–Crippen MR) is 84.1 cm³/mol. The molecule has 0 spiro atoms. The van der Waals surface area contributed by atoms with Gasteiger partial charge >= 0.3 is 0 Å². The second-order valence-corrected chi connectivity index (χ2v) is 6.39. The van der Waals surface area contributed by atoms with Crippen molar-refractivity contribution >= 4 is 28.8 Å². The molecule has 3 nitrogen and oxygen atoms in total. The summed E-state index contributed by atoms with van der Waals surface area (Å²) in [6.07, 6.45) is 0. The van der Waals surface area contributed by atoms with E-state index in [2.05, 4.69) is 5.16 Å². The molecule has 0 aliphatic rings. The average molecular weight is 323 g/mol. The van der Waals surface area contributed by atoms with E-state index in [4.69, 9.17) is 21.9 Å². The molecule has 3 rings (SSSR count). The molecule has 0 atom stereocenters. The molecule has 0 saturated heterocycles. The van der Waals surface area contributed by atoms with Gasteiger partial charge in [0.05, 0.1) is 15.5 Å². The van der Waals surface area contributed by atoms with E-state index >= 15 is 0 Å². The number of anilines is 1. The van der Waals surface area contributed by atoms with E-state index in [0.717, 1.165) is 10.4 Å². The third-order valence-corrected chi connectivity index (χ3v) is 4.79. The van der Waals surface area contributed by atoms with Crippen LogP contribution < -0.4 is 5.73 Å². The fourth-order valence-electron chi connectivity index (χ4n) is 2.12. The molecule has 0 fully saturated rings. The molecule has 1 aromatic carbocycles. The van der Waals surface area contributed by atoms with E-state index in [0.29, 0.717) is 16.8 Å². The van der Waals surface area contributed by atoms with Gasteiger partial charge in [-0.3, -0.25) is 0 Å². The number of benzene rings is 1. The van der Waals surface area contributed by atoms with Gasteiger partial charge in [0.15, 0.2) is 0 Å². The number of aryl methyl sites for hydroxylation is 2. The van der Waals surface area contributed by atoms with Gasteiger partial charge in [0.25, 0.3) is 0 Å². The molecule has 0 unspecified atom stereocenters. The van der Waals surface area contributed by atoms with Crippen molar-refractivity contribution in [2.45, 2.75) is 13.8 Å². The minimum absolute atomic E-state index is 0.0394. The lowest BCUT2D eigenvalue weighted by atomic mass is 10.0. The van der Waals surface area contributed by atoms with Crippen molar-refractivity contribution < 1.29 is 8.91 Å². The number of rotatable bonds is 2. The maximum absolute atomic E-state index is 14.3. The second-order valence-electron chi connectivity index (χ2n) is 4.72. The van der Waals surface area contributed by atoms with E-state index in [1.54, 1.807) is 23.5 Å². The van der Waals surface area contributed by atoms with Gasteiger partial charge in [-0.15, -0.1) is 11.3 Å². The van der Waals surface area contributed by atoms with Gasteiger partial charge < -0.3 is 10.3 Å². The van der Waals surface area contributed by atoms with Gasteiger partial charge in [-0.1, -0.05) is 28.9 Å². The summed E-state index contributed by atoms with van der Waals surface area (Å²) in [7, 11) is 0. The van der Waals surface area contributed by atoms with Gasteiger partial charge in [-0.25, -0.2) is 4.39 Å². The lowest BCUT2D eigenvalue weighted by Crippen LogP contribution is -1.91. The van der Waals surface area contributed by atoms with E-state index in [-0.39, 0.29) is 10.9 Å². The summed E-state index contributed by atoms with van der Waals surface area (Å²) in [6.45, 7) is 4.03. The maximum atomic E-state index is 14.3. The zero-order chi connectivity index (χ0) is 15.1. The first-order valence-corrected chi connectivity index (χ1v) is 7.45. The summed E-state index contributed by atoms with van der Waals surface area (Å²) >= 11 is 7.41. The first kappa shape index (κ1) is 14.1. The zero-order valence-corrected chi connectivity index (χ0v) is 13.0. The predicted octanol–water partition coefficient (Wildman–Crippen LogP) is 5.06.